The molecule has 0 radical (unpaired) electrons. The molecule has 0 bridgehead atoms. The molecule has 4 rings (SSSR count). The molecule has 26 heavy (non-hydrogen) atoms. The highest BCUT2D eigenvalue weighted by Crippen LogP contribution is 2.32. The highest BCUT2D eigenvalue weighted by atomic mass is 16.2. The van der Waals surface area contributed by atoms with Crippen LogP contribution in [0.15, 0.2) is 36.7 Å². The van der Waals surface area contributed by atoms with Crippen LogP contribution in [0.5, 0.6) is 0 Å². The van der Waals surface area contributed by atoms with E-state index in [-0.39, 0.29) is 11.8 Å². The number of hydrogen-bond donors (Lipinski definition) is 2. The molecule has 0 spiro atoms. The molecule has 2 heterocycles. The van der Waals surface area contributed by atoms with Crippen molar-refractivity contribution in [3.05, 3.63) is 47.8 Å². The summed E-state index contributed by atoms with van der Waals surface area (Å²) in [5, 5.41) is 2.84. The van der Waals surface area contributed by atoms with E-state index in [1.165, 1.54) is 19.3 Å². The molecule has 2 aliphatic rings. The van der Waals surface area contributed by atoms with Crippen LogP contribution < -0.4 is 5.32 Å². The zero-order chi connectivity index (χ0) is 17.9. The van der Waals surface area contributed by atoms with Gasteiger partial charge in [0.15, 0.2) is 0 Å². The molecule has 2 aromatic rings. The molecule has 1 aromatic carbocycles. The molecular formula is C20H24N4O2. The smallest absolute Gasteiger partial charge is 0.255 e. The average molecular weight is 352 g/mol. The van der Waals surface area contributed by atoms with Crippen LogP contribution in [0.4, 0.5) is 5.95 Å². The van der Waals surface area contributed by atoms with Gasteiger partial charge in [-0.1, -0.05) is 50.3 Å². The van der Waals surface area contributed by atoms with Gasteiger partial charge in [-0.2, -0.15) is 0 Å². The highest BCUT2D eigenvalue weighted by Gasteiger charge is 2.37. The number of carbonyl (C=O) groups excluding carboxylic acids is 2. The Hall–Kier alpha value is -2.63. The van der Waals surface area contributed by atoms with Gasteiger partial charge in [0.25, 0.3) is 5.91 Å². The standard InChI is InChI=1S/C20H24N4O2/c25-18(23-20-21-10-11-22-20)17(12-14-6-2-1-3-7-14)24-13-15-8-4-5-9-16(15)19(24)26/h4-5,8-11,14,17H,1-3,6-7,12-13H2,(H2,21,22,23,25). The van der Waals surface area contributed by atoms with Crippen molar-refractivity contribution in [2.45, 2.75) is 51.1 Å². The Morgan fingerprint density at radius 2 is 2.08 bits per heavy atom. The van der Waals surface area contributed by atoms with Crippen LogP contribution in [-0.2, 0) is 11.3 Å². The fourth-order valence-corrected chi connectivity index (χ4v) is 4.18. The molecule has 0 saturated heterocycles. The van der Waals surface area contributed by atoms with Crippen molar-refractivity contribution in [3.8, 4) is 0 Å². The van der Waals surface area contributed by atoms with Crippen LogP contribution in [0.25, 0.3) is 0 Å². The van der Waals surface area contributed by atoms with E-state index in [4.69, 9.17) is 0 Å². The first-order chi connectivity index (χ1) is 12.7. The zero-order valence-corrected chi connectivity index (χ0v) is 14.8. The first-order valence-corrected chi connectivity index (χ1v) is 9.41. The maximum atomic E-state index is 13.0. The SMILES string of the molecule is O=C(Nc1ncc[nH]1)C(CC1CCCCC1)N1Cc2ccccc2C1=O. The minimum atomic E-state index is -0.469. The largest absolute Gasteiger partial charge is 0.331 e. The highest BCUT2D eigenvalue weighted by molar-refractivity contribution is 6.03. The van der Waals surface area contributed by atoms with E-state index < -0.39 is 6.04 Å². The summed E-state index contributed by atoms with van der Waals surface area (Å²) < 4.78 is 0. The van der Waals surface area contributed by atoms with E-state index in [9.17, 15) is 9.59 Å². The summed E-state index contributed by atoms with van der Waals surface area (Å²) in [7, 11) is 0. The van der Waals surface area contributed by atoms with Crippen molar-refractivity contribution in [1.82, 2.24) is 14.9 Å². The van der Waals surface area contributed by atoms with Gasteiger partial charge in [0.05, 0.1) is 0 Å². The molecule has 1 aliphatic carbocycles. The van der Waals surface area contributed by atoms with E-state index in [0.29, 0.717) is 30.4 Å². The van der Waals surface area contributed by atoms with Crippen LogP contribution in [-0.4, -0.2) is 32.7 Å². The Morgan fingerprint density at radius 1 is 1.27 bits per heavy atom. The summed E-state index contributed by atoms with van der Waals surface area (Å²) in [5.74, 6) is 0.711. The minimum Gasteiger partial charge on any atom is -0.331 e. The van der Waals surface area contributed by atoms with Gasteiger partial charge in [0, 0.05) is 24.5 Å². The van der Waals surface area contributed by atoms with Crippen LogP contribution in [0.1, 0.15) is 54.4 Å². The average Bonchev–Trinajstić information content (AvgIpc) is 3.29. The summed E-state index contributed by atoms with van der Waals surface area (Å²) in [4.78, 5) is 34.6. The van der Waals surface area contributed by atoms with Crippen LogP contribution in [0, 0.1) is 5.92 Å². The molecule has 6 heteroatoms. The minimum absolute atomic E-state index is 0.0454. The number of rotatable bonds is 5. The predicted molar refractivity (Wildman–Crippen MR) is 98.5 cm³/mol. The van der Waals surface area contributed by atoms with Crippen LogP contribution in [0.3, 0.4) is 0 Å². The Kier molecular flexibility index (Phi) is 4.73. The lowest BCUT2D eigenvalue weighted by Crippen LogP contribution is -2.45. The number of imidazole rings is 1. The molecule has 1 saturated carbocycles. The third-order valence-electron chi connectivity index (χ3n) is 5.55. The van der Waals surface area contributed by atoms with E-state index >= 15 is 0 Å². The zero-order valence-electron chi connectivity index (χ0n) is 14.8. The number of aromatic amines is 1. The lowest BCUT2D eigenvalue weighted by Gasteiger charge is -2.31. The Labute approximate surface area is 153 Å². The summed E-state index contributed by atoms with van der Waals surface area (Å²) in [6, 6.07) is 7.16. The Morgan fingerprint density at radius 3 is 2.81 bits per heavy atom. The number of H-pyrrole nitrogens is 1. The maximum Gasteiger partial charge on any atom is 0.255 e. The number of carbonyl (C=O) groups is 2. The molecule has 2 amide bonds. The molecule has 1 fully saturated rings. The van der Waals surface area contributed by atoms with Crippen molar-refractivity contribution >= 4 is 17.8 Å². The van der Waals surface area contributed by atoms with Gasteiger partial charge in [0.1, 0.15) is 6.04 Å². The van der Waals surface area contributed by atoms with Gasteiger partial charge in [-0.15, -0.1) is 0 Å². The first-order valence-electron chi connectivity index (χ1n) is 9.41. The lowest BCUT2D eigenvalue weighted by molar-refractivity contribution is -0.121. The number of benzene rings is 1. The number of fused-ring (bicyclic) bond motifs is 1. The van der Waals surface area contributed by atoms with Crippen molar-refractivity contribution in [3.63, 3.8) is 0 Å². The maximum absolute atomic E-state index is 13.0. The molecule has 1 aliphatic heterocycles. The molecule has 2 N–H and O–H groups in total. The van der Waals surface area contributed by atoms with E-state index in [0.717, 1.165) is 18.4 Å². The van der Waals surface area contributed by atoms with Crippen molar-refractivity contribution < 1.29 is 9.59 Å². The third kappa shape index (κ3) is 3.36. The van der Waals surface area contributed by atoms with E-state index in [1.54, 1.807) is 17.3 Å². The first kappa shape index (κ1) is 16.8. The van der Waals surface area contributed by atoms with Gasteiger partial charge in [-0.25, -0.2) is 4.98 Å². The van der Waals surface area contributed by atoms with Gasteiger partial charge < -0.3 is 9.88 Å². The number of hydrogen-bond acceptors (Lipinski definition) is 3. The Bertz CT molecular complexity index is 781. The van der Waals surface area contributed by atoms with Crippen molar-refractivity contribution in [2.24, 2.45) is 5.92 Å². The fraction of sp³-hybridized carbons (Fsp3) is 0.450. The normalized spacial score (nSPS) is 18.6. The monoisotopic (exact) mass is 352 g/mol. The topological polar surface area (TPSA) is 78.1 Å². The number of nitrogens with zero attached hydrogens (tertiary/aromatic N) is 2. The summed E-state index contributed by atoms with van der Waals surface area (Å²) in [6.07, 6.45) is 9.96. The van der Waals surface area contributed by atoms with Crippen LogP contribution in [0.2, 0.25) is 0 Å². The molecule has 1 unspecified atom stereocenters. The summed E-state index contributed by atoms with van der Waals surface area (Å²) >= 11 is 0. The molecule has 1 atom stereocenters. The molecule has 6 nitrogen and oxygen atoms in total. The van der Waals surface area contributed by atoms with Gasteiger partial charge in [-0.05, 0) is 24.0 Å². The van der Waals surface area contributed by atoms with E-state index in [1.807, 2.05) is 24.3 Å². The lowest BCUT2D eigenvalue weighted by atomic mass is 9.84. The molecular weight excluding hydrogens is 328 g/mol. The molecule has 136 valence electrons. The van der Waals surface area contributed by atoms with Crippen molar-refractivity contribution in [2.75, 3.05) is 5.32 Å². The fourth-order valence-electron chi connectivity index (χ4n) is 4.18. The van der Waals surface area contributed by atoms with Gasteiger partial charge >= 0.3 is 0 Å². The predicted octanol–water partition coefficient (Wildman–Crippen LogP) is 3.34. The quantitative estimate of drug-likeness (QED) is 0.866. The van der Waals surface area contributed by atoms with Gasteiger partial charge in [0.2, 0.25) is 11.9 Å². The number of anilines is 1. The second-order valence-corrected chi connectivity index (χ2v) is 7.27. The number of aromatic nitrogens is 2. The van der Waals surface area contributed by atoms with Gasteiger partial charge in [-0.3, -0.25) is 14.9 Å². The van der Waals surface area contributed by atoms with Crippen LogP contribution >= 0.6 is 0 Å². The summed E-state index contributed by atoms with van der Waals surface area (Å²) in [5.41, 5.74) is 1.71. The van der Waals surface area contributed by atoms with Crippen molar-refractivity contribution in [1.29, 1.82) is 0 Å². The molecule has 1 aromatic heterocycles. The summed E-state index contributed by atoms with van der Waals surface area (Å²) in [6.45, 7) is 0.498. The second kappa shape index (κ2) is 7.32. The Balaban J connectivity index is 1.56. The second-order valence-electron chi connectivity index (χ2n) is 7.27. The number of nitrogens with one attached hydrogen (secondary N) is 2. The van der Waals surface area contributed by atoms with E-state index in [2.05, 4.69) is 15.3 Å². The third-order valence-corrected chi connectivity index (χ3v) is 5.55. The number of amides is 2.